The minimum atomic E-state index is -0.502. The van der Waals surface area contributed by atoms with Crippen LogP contribution in [0.5, 0.6) is 5.75 Å². The molecule has 2 aromatic carbocycles. The van der Waals surface area contributed by atoms with Crippen LogP contribution in [-0.4, -0.2) is 5.11 Å². The number of benzene rings is 2. The molecule has 1 atom stereocenters. The van der Waals surface area contributed by atoms with Gasteiger partial charge in [-0.05, 0) is 36.8 Å². The van der Waals surface area contributed by atoms with Gasteiger partial charge in [0.25, 0.3) is 0 Å². The van der Waals surface area contributed by atoms with Crippen LogP contribution in [0.1, 0.15) is 24.2 Å². The summed E-state index contributed by atoms with van der Waals surface area (Å²) in [7, 11) is 0. The van der Waals surface area contributed by atoms with Crippen LogP contribution in [0, 0.1) is 5.82 Å². The summed E-state index contributed by atoms with van der Waals surface area (Å²) in [5.74, 6) is 0.349. The Morgan fingerprint density at radius 3 is 2.47 bits per heavy atom. The second-order valence-corrected chi connectivity index (χ2v) is 5.19. The highest BCUT2D eigenvalue weighted by Gasteiger charge is 2.05. The van der Waals surface area contributed by atoms with Gasteiger partial charge in [0.2, 0.25) is 0 Å². The van der Waals surface area contributed by atoms with E-state index >= 15 is 0 Å². The second kappa shape index (κ2) is 6.17. The predicted octanol–water partition coefficient (Wildman–Crippen LogP) is 4.22. The molecule has 0 bridgehead atoms. The number of rotatable bonds is 4. The minimum absolute atomic E-state index is 0.174. The van der Waals surface area contributed by atoms with Crippen molar-refractivity contribution in [2.75, 3.05) is 0 Å². The number of hydrogen-bond donors (Lipinski definition) is 1. The van der Waals surface area contributed by atoms with Crippen molar-refractivity contribution in [3.8, 4) is 5.75 Å². The van der Waals surface area contributed by atoms with Crippen molar-refractivity contribution in [3.63, 3.8) is 0 Å². The Kier molecular flexibility index (Phi) is 4.56. The van der Waals surface area contributed by atoms with Crippen molar-refractivity contribution in [2.24, 2.45) is 0 Å². The molecule has 2 aromatic rings. The van der Waals surface area contributed by atoms with E-state index in [1.165, 1.54) is 6.07 Å². The second-order valence-electron chi connectivity index (χ2n) is 4.27. The smallest absolute Gasteiger partial charge is 0.130 e. The average Bonchev–Trinajstić information content (AvgIpc) is 2.38. The van der Waals surface area contributed by atoms with Crippen molar-refractivity contribution in [1.82, 2.24) is 0 Å². The highest BCUT2D eigenvalue weighted by Crippen LogP contribution is 2.20. The van der Waals surface area contributed by atoms with E-state index in [2.05, 4.69) is 15.9 Å². The van der Waals surface area contributed by atoms with Gasteiger partial charge >= 0.3 is 0 Å². The molecule has 1 N–H and O–H groups in total. The SMILES string of the molecule is C[C@H](O)c1ccc(OCc2ccc(Br)cc2F)cc1. The zero-order valence-corrected chi connectivity index (χ0v) is 12.0. The molecule has 0 heterocycles. The lowest BCUT2D eigenvalue weighted by Gasteiger charge is -2.09. The molecule has 0 radical (unpaired) electrons. The quantitative estimate of drug-likeness (QED) is 0.912. The summed E-state index contributed by atoms with van der Waals surface area (Å²) in [5.41, 5.74) is 1.32. The van der Waals surface area contributed by atoms with E-state index in [4.69, 9.17) is 4.74 Å². The van der Waals surface area contributed by atoms with Crippen LogP contribution in [0.3, 0.4) is 0 Å². The number of halogens is 2. The van der Waals surface area contributed by atoms with E-state index in [1.807, 2.05) is 0 Å². The average molecular weight is 325 g/mol. The molecule has 0 saturated heterocycles. The Balaban J connectivity index is 2.02. The molecule has 0 amide bonds. The molecule has 0 aliphatic carbocycles. The van der Waals surface area contributed by atoms with E-state index in [0.717, 1.165) is 5.56 Å². The van der Waals surface area contributed by atoms with E-state index in [0.29, 0.717) is 15.8 Å². The lowest BCUT2D eigenvalue weighted by Crippen LogP contribution is -1.99. The Hall–Kier alpha value is -1.39. The third kappa shape index (κ3) is 3.78. The van der Waals surface area contributed by atoms with E-state index in [-0.39, 0.29) is 12.4 Å². The summed E-state index contributed by atoms with van der Waals surface area (Å²) in [5, 5.41) is 9.39. The molecule has 0 spiro atoms. The Morgan fingerprint density at radius 2 is 1.89 bits per heavy atom. The summed E-state index contributed by atoms with van der Waals surface area (Å²) >= 11 is 3.21. The fourth-order valence-electron chi connectivity index (χ4n) is 1.64. The summed E-state index contributed by atoms with van der Waals surface area (Å²) in [6.07, 6.45) is -0.502. The van der Waals surface area contributed by atoms with E-state index in [1.54, 1.807) is 43.3 Å². The topological polar surface area (TPSA) is 29.5 Å². The molecule has 0 fully saturated rings. The third-order valence-electron chi connectivity index (χ3n) is 2.77. The van der Waals surface area contributed by atoms with Gasteiger partial charge in [0, 0.05) is 10.0 Å². The normalized spacial score (nSPS) is 12.2. The third-order valence-corrected chi connectivity index (χ3v) is 3.27. The largest absolute Gasteiger partial charge is 0.489 e. The van der Waals surface area contributed by atoms with Gasteiger partial charge < -0.3 is 9.84 Å². The molecule has 0 unspecified atom stereocenters. The van der Waals surface area contributed by atoms with Crippen LogP contribution >= 0.6 is 15.9 Å². The van der Waals surface area contributed by atoms with Crippen molar-refractivity contribution in [2.45, 2.75) is 19.6 Å². The number of hydrogen-bond acceptors (Lipinski definition) is 2. The van der Waals surface area contributed by atoms with Crippen LogP contribution in [-0.2, 0) is 6.61 Å². The maximum absolute atomic E-state index is 13.6. The van der Waals surface area contributed by atoms with Crippen LogP contribution < -0.4 is 4.74 Å². The van der Waals surface area contributed by atoms with Crippen molar-refractivity contribution in [1.29, 1.82) is 0 Å². The first kappa shape index (κ1) is 14.0. The van der Waals surface area contributed by atoms with Gasteiger partial charge in [0.1, 0.15) is 18.2 Å². The van der Waals surface area contributed by atoms with Gasteiger partial charge in [-0.25, -0.2) is 4.39 Å². The molecular formula is C15H14BrFO2. The van der Waals surface area contributed by atoms with Gasteiger partial charge in [-0.15, -0.1) is 0 Å². The van der Waals surface area contributed by atoms with E-state index in [9.17, 15) is 9.50 Å². The monoisotopic (exact) mass is 324 g/mol. The molecule has 4 heteroatoms. The Morgan fingerprint density at radius 1 is 1.21 bits per heavy atom. The van der Waals surface area contributed by atoms with Crippen LogP contribution in [0.4, 0.5) is 4.39 Å². The zero-order valence-electron chi connectivity index (χ0n) is 10.4. The van der Waals surface area contributed by atoms with Gasteiger partial charge in [-0.2, -0.15) is 0 Å². The van der Waals surface area contributed by atoms with E-state index < -0.39 is 6.10 Å². The molecule has 0 aliphatic rings. The molecule has 2 nitrogen and oxygen atoms in total. The number of aliphatic hydroxyl groups is 1. The Bertz CT molecular complexity index is 553. The molecule has 19 heavy (non-hydrogen) atoms. The van der Waals surface area contributed by atoms with Gasteiger partial charge in [0.05, 0.1) is 6.10 Å². The molecule has 2 rings (SSSR count). The maximum Gasteiger partial charge on any atom is 0.130 e. The first-order chi connectivity index (χ1) is 9.06. The molecule has 100 valence electrons. The molecule has 0 aliphatic heterocycles. The summed E-state index contributed by atoms with van der Waals surface area (Å²) in [6.45, 7) is 1.88. The van der Waals surface area contributed by atoms with Crippen molar-refractivity contribution < 1.29 is 14.2 Å². The minimum Gasteiger partial charge on any atom is -0.489 e. The lowest BCUT2D eigenvalue weighted by molar-refractivity contribution is 0.199. The summed E-state index contributed by atoms with van der Waals surface area (Å²) < 4.78 is 19.8. The fourth-order valence-corrected chi connectivity index (χ4v) is 1.98. The van der Waals surface area contributed by atoms with Crippen molar-refractivity contribution >= 4 is 15.9 Å². The fraction of sp³-hybridized carbons (Fsp3) is 0.200. The highest BCUT2D eigenvalue weighted by atomic mass is 79.9. The van der Waals surface area contributed by atoms with Gasteiger partial charge in [-0.3, -0.25) is 0 Å². The summed E-state index contributed by atoms with van der Waals surface area (Å²) in [4.78, 5) is 0. The standard InChI is InChI=1S/C15H14BrFO2/c1-10(18)11-3-6-14(7-4-11)19-9-12-2-5-13(16)8-15(12)17/h2-8,10,18H,9H2,1H3/t10-/m0/s1. The van der Waals surface area contributed by atoms with Crippen LogP contribution in [0.15, 0.2) is 46.9 Å². The molecule has 0 aromatic heterocycles. The molecule has 0 saturated carbocycles. The Labute approximate surface area is 120 Å². The predicted molar refractivity (Wildman–Crippen MR) is 75.5 cm³/mol. The number of ether oxygens (including phenoxy) is 1. The van der Waals surface area contributed by atoms with Crippen molar-refractivity contribution in [3.05, 3.63) is 63.9 Å². The summed E-state index contributed by atoms with van der Waals surface area (Å²) in [6, 6.07) is 12.0. The zero-order chi connectivity index (χ0) is 13.8. The van der Waals surface area contributed by atoms with Crippen LogP contribution in [0.2, 0.25) is 0 Å². The first-order valence-corrected chi connectivity index (χ1v) is 6.70. The van der Waals surface area contributed by atoms with Gasteiger partial charge in [0.15, 0.2) is 0 Å². The lowest BCUT2D eigenvalue weighted by atomic mass is 10.1. The van der Waals surface area contributed by atoms with Gasteiger partial charge in [-0.1, -0.05) is 34.1 Å². The maximum atomic E-state index is 13.6. The van der Waals surface area contributed by atoms with Crippen LogP contribution in [0.25, 0.3) is 0 Å². The molecular weight excluding hydrogens is 311 g/mol. The first-order valence-electron chi connectivity index (χ1n) is 5.91. The highest BCUT2D eigenvalue weighted by molar-refractivity contribution is 9.10. The number of aliphatic hydroxyl groups excluding tert-OH is 1.